The molecule has 1 aliphatic heterocycles. The lowest BCUT2D eigenvalue weighted by molar-refractivity contribution is 0.0782. The smallest absolute Gasteiger partial charge is 0.263 e. The van der Waals surface area contributed by atoms with Crippen LogP contribution in [0.1, 0.15) is 20.4 Å². The van der Waals surface area contributed by atoms with Crippen molar-refractivity contribution in [3.63, 3.8) is 0 Å². The number of carbonyl (C=O) groups excluding carboxylic acids is 1. The lowest BCUT2D eigenvalue weighted by atomic mass is 10.2. The average Bonchev–Trinajstić information content (AvgIpc) is 2.84. The molecule has 110 valence electrons. The van der Waals surface area contributed by atoms with Crippen LogP contribution in [0, 0.1) is 13.8 Å². The van der Waals surface area contributed by atoms with Crippen LogP contribution >= 0.6 is 36.2 Å². The molecule has 0 saturated carbocycles. The molecule has 0 aliphatic carbocycles. The highest BCUT2D eigenvalue weighted by Gasteiger charge is 2.29. The Hall–Kier alpha value is -0.400. The van der Waals surface area contributed by atoms with Crippen molar-refractivity contribution < 1.29 is 9.53 Å². The van der Waals surface area contributed by atoms with E-state index in [-0.39, 0.29) is 42.9 Å². The Morgan fingerprint density at radius 2 is 2.11 bits per heavy atom. The number of methoxy groups -OCH3 is 1. The lowest BCUT2D eigenvalue weighted by Crippen LogP contribution is -2.43. The van der Waals surface area contributed by atoms with Crippen molar-refractivity contribution in [3.05, 3.63) is 15.6 Å². The number of rotatable bonds is 3. The number of carbonyl (C=O) groups is 1. The predicted molar refractivity (Wildman–Crippen MR) is 81.0 cm³/mol. The molecule has 1 saturated heterocycles. The summed E-state index contributed by atoms with van der Waals surface area (Å²) in [6.45, 7) is 5.30. The number of aromatic nitrogens is 1. The second-order valence-electron chi connectivity index (χ2n) is 4.16. The van der Waals surface area contributed by atoms with Gasteiger partial charge in [-0.1, -0.05) is 0 Å². The minimum absolute atomic E-state index is 0. The van der Waals surface area contributed by atoms with Crippen LogP contribution in [0.25, 0.3) is 0 Å². The maximum absolute atomic E-state index is 12.1. The number of ether oxygens (including phenoxy) is 1. The Balaban J connectivity index is 0.00000162. The summed E-state index contributed by atoms with van der Waals surface area (Å²) < 4.78 is 5.31. The highest BCUT2D eigenvalue weighted by Crippen LogP contribution is 2.17. The minimum Gasteiger partial charge on any atom is -0.378 e. The average molecular weight is 328 g/mol. The van der Waals surface area contributed by atoms with Gasteiger partial charge in [-0.15, -0.1) is 36.2 Å². The highest BCUT2D eigenvalue weighted by molar-refractivity contribution is 7.13. The summed E-state index contributed by atoms with van der Waals surface area (Å²) in [5.74, 6) is -0.0520. The van der Waals surface area contributed by atoms with Gasteiger partial charge in [-0.3, -0.25) is 4.79 Å². The van der Waals surface area contributed by atoms with Gasteiger partial charge in [0.1, 0.15) is 4.88 Å². The fraction of sp³-hybridized carbons (Fsp3) is 0.636. The number of hydrogen-bond acceptors (Lipinski definition) is 5. The molecule has 1 amide bonds. The Morgan fingerprint density at radius 1 is 1.42 bits per heavy atom. The summed E-state index contributed by atoms with van der Waals surface area (Å²) in [4.78, 5) is 17.0. The first-order valence-corrected chi connectivity index (χ1v) is 6.42. The van der Waals surface area contributed by atoms with Crippen LogP contribution in [0.5, 0.6) is 0 Å². The first-order chi connectivity index (χ1) is 8.11. The minimum atomic E-state index is -0.0520. The molecule has 2 rings (SSSR count). The standard InChI is InChI=1S/C11H17N3O2S.2ClH/c1-6-10(17-7(2)13-6)11(15)14-8-4-12-5-9(8)16-3;;/h8-9,12H,4-5H2,1-3H3,(H,14,15);2*1H/t8?,9-;;/m0../s1. The number of nitrogens with zero attached hydrogens (tertiary/aromatic N) is 1. The molecular formula is C11H19Cl2N3O2S. The molecule has 1 fully saturated rings. The monoisotopic (exact) mass is 327 g/mol. The first-order valence-electron chi connectivity index (χ1n) is 5.60. The topological polar surface area (TPSA) is 63.2 Å². The van der Waals surface area contributed by atoms with Gasteiger partial charge in [0, 0.05) is 20.2 Å². The third-order valence-corrected chi connectivity index (χ3v) is 3.96. The zero-order valence-electron chi connectivity index (χ0n) is 11.1. The summed E-state index contributed by atoms with van der Waals surface area (Å²) in [6.07, 6.45) is 0.0493. The normalized spacial score (nSPS) is 21.4. The molecule has 0 radical (unpaired) electrons. The quantitative estimate of drug-likeness (QED) is 0.878. The third kappa shape index (κ3) is 4.29. The van der Waals surface area contributed by atoms with Gasteiger partial charge in [0.05, 0.1) is 22.8 Å². The van der Waals surface area contributed by atoms with Crippen molar-refractivity contribution in [3.8, 4) is 0 Å². The van der Waals surface area contributed by atoms with Gasteiger partial charge in [0.2, 0.25) is 0 Å². The molecule has 1 aliphatic rings. The van der Waals surface area contributed by atoms with Gasteiger partial charge in [-0.25, -0.2) is 4.98 Å². The molecule has 2 atom stereocenters. The summed E-state index contributed by atoms with van der Waals surface area (Å²) in [7, 11) is 1.67. The third-order valence-electron chi connectivity index (χ3n) is 2.89. The number of halogens is 2. The van der Waals surface area contributed by atoms with Gasteiger partial charge >= 0.3 is 0 Å². The summed E-state index contributed by atoms with van der Waals surface area (Å²) in [5, 5.41) is 7.11. The number of nitrogens with one attached hydrogen (secondary N) is 2. The van der Waals surface area contributed by atoms with Gasteiger partial charge in [0.15, 0.2) is 0 Å². The maximum atomic E-state index is 12.1. The first kappa shape index (κ1) is 18.6. The molecule has 0 bridgehead atoms. The second kappa shape index (κ2) is 8.01. The number of hydrogen-bond donors (Lipinski definition) is 2. The van der Waals surface area contributed by atoms with E-state index in [0.717, 1.165) is 23.8 Å². The van der Waals surface area contributed by atoms with Gasteiger partial charge in [0.25, 0.3) is 5.91 Å². The van der Waals surface area contributed by atoms with E-state index in [1.165, 1.54) is 11.3 Å². The van der Waals surface area contributed by atoms with E-state index < -0.39 is 0 Å². The molecule has 0 spiro atoms. The van der Waals surface area contributed by atoms with E-state index in [4.69, 9.17) is 4.74 Å². The van der Waals surface area contributed by atoms with Gasteiger partial charge < -0.3 is 15.4 Å². The maximum Gasteiger partial charge on any atom is 0.263 e. The zero-order valence-corrected chi connectivity index (χ0v) is 13.5. The van der Waals surface area contributed by atoms with Crippen LogP contribution in [0.3, 0.4) is 0 Å². The van der Waals surface area contributed by atoms with E-state index >= 15 is 0 Å². The molecule has 2 N–H and O–H groups in total. The van der Waals surface area contributed by atoms with Gasteiger partial charge in [-0.05, 0) is 13.8 Å². The fourth-order valence-corrected chi connectivity index (χ4v) is 2.85. The van der Waals surface area contributed by atoms with E-state index in [1.54, 1.807) is 7.11 Å². The molecular weight excluding hydrogens is 309 g/mol. The van der Waals surface area contributed by atoms with Crippen LogP contribution < -0.4 is 10.6 Å². The molecule has 8 heteroatoms. The molecule has 19 heavy (non-hydrogen) atoms. The van der Waals surface area contributed by atoms with Crippen molar-refractivity contribution in [1.82, 2.24) is 15.6 Å². The number of amides is 1. The van der Waals surface area contributed by atoms with Crippen LogP contribution in [0.15, 0.2) is 0 Å². The Labute approximate surface area is 129 Å². The molecule has 0 aromatic carbocycles. The van der Waals surface area contributed by atoms with E-state index in [9.17, 15) is 4.79 Å². The number of thiazole rings is 1. The van der Waals surface area contributed by atoms with Crippen LogP contribution in [-0.4, -0.2) is 43.2 Å². The number of aryl methyl sites for hydroxylation is 2. The molecule has 1 aromatic heterocycles. The van der Waals surface area contributed by atoms with Gasteiger partial charge in [-0.2, -0.15) is 0 Å². The van der Waals surface area contributed by atoms with E-state index in [0.29, 0.717) is 4.88 Å². The lowest BCUT2D eigenvalue weighted by Gasteiger charge is -2.18. The SMILES string of the molecule is CO[C@H]1CNCC1NC(=O)c1sc(C)nc1C.Cl.Cl. The van der Waals surface area contributed by atoms with Crippen molar-refractivity contribution in [1.29, 1.82) is 0 Å². The molecule has 1 aromatic rings. The summed E-state index contributed by atoms with van der Waals surface area (Å²) in [6, 6.07) is 0.0364. The Bertz CT molecular complexity index is 428. The molecule has 2 heterocycles. The van der Waals surface area contributed by atoms with Crippen LogP contribution in [0.4, 0.5) is 0 Å². The Morgan fingerprint density at radius 3 is 2.63 bits per heavy atom. The zero-order chi connectivity index (χ0) is 12.4. The van der Waals surface area contributed by atoms with E-state index in [2.05, 4.69) is 15.6 Å². The Kier molecular flexibility index (Phi) is 7.85. The largest absolute Gasteiger partial charge is 0.378 e. The summed E-state index contributed by atoms with van der Waals surface area (Å²) in [5.41, 5.74) is 0.796. The van der Waals surface area contributed by atoms with Crippen LogP contribution in [0.2, 0.25) is 0 Å². The van der Waals surface area contributed by atoms with Crippen molar-refractivity contribution >= 4 is 42.1 Å². The molecule has 5 nitrogen and oxygen atoms in total. The second-order valence-corrected chi connectivity index (χ2v) is 5.36. The predicted octanol–water partition coefficient (Wildman–Crippen LogP) is 1.32. The van der Waals surface area contributed by atoms with Crippen molar-refractivity contribution in [2.75, 3.05) is 20.2 Å². The fourth-order valence-electron chi connectivity index (χ4n) is 2.02. The van der Waals surface area contributed by atoms with Crippen molar-refractivity contribution in [2.45, 2.75) is 26.0 Å². The van der Waals surface area contributed by atoms with Crippen molar-refractivity contribution in [2.24, 2.45) is 0 Å². The highest BCUT2D eigenvalue weighted by atomic mass is 35.5. The summed E-state index contributed by atoms with van der Waals surface area (Å²) >= 11 is 1.43. The molecule has 1 unspecified atom stereocenters. The van der Waals surface area contributed by atoms with E-state index in [1.807, 2.05) is 13.8 Å². The van der Waals surface area contributed by atoms with Crippen LogP contribution in [-0.2, 0) is 4.74 Å².